The normalized spacial score (nSPS) is 20.5. The van der Waals surface area contributed by atoms with Crippen molar-refractivity contribution in [2.24, 2.45) is 5.92 Å². The van der Waals surface area contributed by atoms with Gasteiger partial charge in [0.15, 0.2) is 0 Å². The molecule has 0 radical (unpaired) electrons. The molecule has 1 N–H and O–H groups in total. The first kappa shape index (κ1) is 23.0. The van der Waals surface area contributed by atoms with Gasteiger partial charge in [0.05, 0.1) is 0 Å². The number of rotatable bonds is 7. The van der Waals surface area contributed by atoms with Crippen molar-refractivity contribution >= 4 is 22.0 Å². The molecule has 1 aromatic rings. The van der Waals surface area contributed by atoms with Gasteiger partial charge < -0.3 is 5.32 Å². The maximum absolute atomic E-state index is 12.7. The highest BCUT2D eigenvalue weighted by Gasteiger charge is 2.32. The smallest absolute Gasteiger partial charge is 0.236 e. The third-order valence-electron chi connectivity index (χ3n) is 6.32. The van der Waals surface area contributed by atoms with Crippen LogP contribution >= 0.6 is 0 Å². The Kier molecular flexibility index (Phi) is 7.71. The molecule has 1 aromatic carbocycles. The van der Waals surface area contributed by atoms with Crippen molar-refractivity contribution in [3.05, 3.63) is 41.3 Å². The number of nitrogens with zero attached hydrogens (tertiary/aromatic N) is 2. The molecular formula is C23H35N3O3S. The van der Waals surface area contributed by atoms with Gasteiger partial charge in [0, 0.05) is 36.5 Å². The van der Waals surface area contributed by atoms with Gasteiger partial charge in [-0.3, -0.25) is 9.69 Å². The first-order valence-electron chi connectivity index (χ1n) is 11.0. The van der Waals surface area contributed by atoms with Crippen LogP contribution in [0.15, 0.2) is 35.7 Å². The first-order chi connectivity index (χ1) is 14.3. The molecule has 2 heterocycles. The van der Waals surface area contributed by atoms with Crippen LogP contribution in [0.3, 0.4) is 0 Å². The number of benzene rings is 1. The summed E-state index contributed by atoms with van der Waals surface area (Å²) in [6.45, 7) is 7.96. The van der Waals surface area contributed by atoms with Gasteiger partial charge in [0.25, 0.3) is 0 Å². The Morgan fingerprint density at radius 2 is 1.70 bits per heavy atom. The fourth-order valence-corrected chi connectivity index (χ4v) is 5.47. The molecule has 2 aliphatic heterocycles. The predicted octanol–water partition coefficient (Wildman–Crippen LogP) is 3.08. The number of piperidine rings is 2. The molecule has 0 bridgehead atoms. The predicted molar refractivity (Wildman–Crippen MR) is 121 cm³/mol. The number of sulfonamides is 1. The van der Waals surface area contributed by atoms with E-state index in [0.29, 0.717) is 32.5 Å². The molecule has 2 fully saturated rings. The van der Waals surface area contributed by atoms with E-state index in [0.717, 1.165) is 18.7 Å². The lowest BCUT2D eigenvalue weighted by molar-refractivity contribution is -0.126. The summed E-state index contributed by atoms with van der Waals surface area (Å²) in [4.78, 5) is 15.1. The Balaban J connectivity index is 1.47. The molecule has 0 atom stereocenters. The van der Waals surface area contributed by atoms with E-state index in [1.807, 2.05) is 30.3 Å². The van der Waals surface area contributed by atoms with E-state index in [9.17, 15) is 13.2 Å². The van der Waals surface area contributed by atoms with E-state index >= 15 is 0 Å². The molecular weight excluding hydrogens is 398 g/mol. The third-order valence-corrected chi connectivity index (χ3v) is 7.89. The molecule has 3 rings (SSSR count). The fourth-order valence-electron chi connectivity index (χ4n) is 4.25. The summed E-state index contributed by atoms with van der Waals surface area (Å²) in [5, 5.41) is 4.40. The maximum atomic E-state index is 12.7. The molecule has 0 aliphatic carbocycles. The van der Waals surface area contributed by atoms with E-state index in [1.54, 1.807) is 6.08 Å². The second-order valence-electron chi connectivity index (χ2n) is 9.01. The Hall–Kier alpha value is -1.70. The molecule has 0 unspecified atom stereocenters. The molecule has 166 valence electrons. The number of carbonyl (C=O) groups excluding carboxylic acids is 1. The zero-order chi connectivity index (χ0) is 21.6. The SMILES string of the molecule is CC(C)(CNC(=O)C1CCN(S(=O)(=O)/C=C/c2ccccc2)CC1)N1CCCCC1. The number of amides is 1. The van der Waals surface area contributed by atoms with Gasteiger partial charge in [0.2, 0.25) is 15.9 Å². The summed E-state index contributed by atoms with van der Waals surface area (Å²) in [5.41, 5.74) is 0.800. The van der Waals surface area contributed by atoms with Gasteiger partial charge in [-0.25, -0.2) is 8.42 Å². The van der Waals surface area contributed by atoms with E-state index < -0.39 is 10.0 Å². The van der Waals surface area contributed by atoms with E-state index in [2.05, 4.69) is 24.1 Å². The van der Waals surface area contributed by atoms with Crippen molar-refractivity contribution in [1.29, 1.82) is 0 Å². The van der Waals surface area contributed by atoms with Crippen molar-refractivity contribution in [2.45, 2.75) is 51.5 Å². The lowest BCUT2D eigenvalue weighted by Gasteiger charge is -2.41. The molecule has 2 saturated heterocycles. The highest BCUT2D eigenvalue weighted by Crippen LogP contribution is 2.23. The second-order valence-corrected chi connectivity index (χ2v) is 10.8. The number of hydrogen-bond donors (Lipinski definition) is 1. The molecule has 6 nitrogen and oxygen atoms in total. The summed E-state index contributed by atoms with van der Waals surface area (Å²) in [7, 11) is -3.47. The summed E-state index contributed by atoms with van der Waals surface area (Å²) in [5.74, 6) is -0.0660. The first-order valence-corrected chi connectivity index (χ1v) is 12.5. The summed E-state index contributed by atoms with van der Waals surface area (Å²) < 4.78 is 26.7. The Morgan fingerprint density at radius 1 is 1.07 bits per heavy atom. The van der Waals surface area contributed by atoms with Crippen molar-refractivity contribution in [1.82, 2.24) is 14.5 Å². The van der Waals surface area contributed by atoms with E-state index in [-0.39, 0.29) is 17.4 Å². The van der Waals surface area contributed by atoms with Gasteiger partial charge in [0.1, 0.15) is 0 Å². The number of likely N-dealkylation sites (tertiary alicyclic amines) is 1. The van der Waals surface area contributed by atoms with Gasteiger partial charge in [-0.2, -0.15) is 4.31 Å². The van der Waals surface area contributed by atoms with Crippen molar-refractivity contribution in [2.75, 3.05) is 32.7 Å². The highest BCUT2D eigenvalue weighted by atomic mass is 32.2. The van der Waals surface area contributed by atoms with Crippen molar-refractivity contribution in [3.63, 3.8) is 0 Å². The quantitative estimate of drug-likeness (QED) is 0.717. The van der Waals surface area contributed by atoms with Crippen molar-refractivity contribution < 1.29 is 13.2 Å². The number of nitrogens with one attached hydrogen (secondary N) is 1. The average molecular weight is 434 g/mol. The van der Waals surface area contributed by atoms with Crippen LogP contribution in [-0.2, 0) is 14.8 Å². The zero-order valence-corrected chi connectivity index (χ0v) is 19.0. The third kappa shape index (κ3) is 6.15. The standard InChI is InChI=1S/C23H35N3O3S/c1-23(2,25-14-7-4-8-15-25)19-24-22(27)21-11-16-26(17-12-21)30(28,29)18-13-20-9-5-3-6-10-20/h3,5-6,9-10,13,18,21H,4,7-8,11-12,14-17,19H2,1-2H3,(H,24,27)/b18-13+. The fraction of sp³-hybridized carbons (Fsp3) is 0.609. The van der Waals surface area contributed by atoms with Crippen LogP contribution in [0.25, 0.3) is 6.08 Å². The van der Waals surface area contributed by atoms with Crippen LogP contribution in [0, 0.1) is 5.92 Å². The topological polar surface area (TPSA) is 69.7 Å². The summed E-state index contributed by atoms with van der Waals surface area (Å²) >= 11 is 0. The lowest BCUT2D eigenvalue weighted by Crippen LogP contribution is -2.54. The monoisotopic (exact) mass is 433 g/mol. The molecule has 0 saturated carbocycles. The lowest BCUT2D eigenvalue weighted by atomic mass is 9.95. The minimum Gasteiger partial charge on any atom is -0.354 e. The average Bonchev–Trinajstić information content (AvgIpc) is 2.77. The van der Waals surface area contributed by atoms with Crippen LogP contribution in [0.5, 0.6) is 0 Å². The Morgan fingerprint density at radius 3 is 2.33 bits per heavy atom. The van der Waals surface area contributed by atoms with E-state index in [4.69, 9.17) is 0 Å². The largest absolute Gasteiger partial charge is 0.354 e. The zero-order valence-electron chi connectivity index (χ0n) is 18.2. The minimum absolute atomic E-state index is 0.0527. The van der Waals surface area contributed by atoms with Crippen molar-refractivity contribution in [3.8, 4) is 0 Å². The maximum Gasteiger partial charge on any atom is 0.236 e. The van der Waals surface area contributed by atoms with E-state index in [1.165, 1.54) is 29.0 Å². The summed E-state index contributed by atoms with van der Waals surface area (Å²) in [6, 6.07) is 9.39. The van der Waals surface area contributed by atoms with Crippen LogP contribution in [0.2, 0.25) is 0 Å². The Labute approximate surface area is 181 Å². The minimum atomic E-state index is -3.47. The van der Waals surface area contributed by atoms with Crippen LogP contribution in [-0.4, -0.2) is 61.8 Å². The molecule has 7 heteroatoms. The molecule has 0 aromatic heterocycles. The molecule has 2 aliphatic rings. The van der Waals surface area contributed by atoms with Gasteiger partial charge in [-0.05, 0) is 64.3 Å². The Bertz CT molecular complexity index is 823. The van der Waals surface area contributed by atoms with Gasteiger partial charge in [-0.1, -0.05) is 36.8 Å². The van der Waals surface area contributed by atoms with Gasteiger partial charge >= 0.3 is 0 Å². The summed E-state index contributed by atoms with van der Waals surface area (Å²) in [6.07, 6.45) is 6.49. The second kappa shape index (κ2) is 10.1. The molecule has 30 heavy (non-hydrogen) atoms. The molecule has 0 spiro atoms. The van der Waals surface area contributed by atoms with Crippen LogP contribution < -0.4 is 5.32 Å². The molecule has 1 amide bonds. The number of hydrogen-bond acceptors (Lipinski definition) is 4. The van der Waals surface area contributed by atoms with Crippen LogP contribution in [0.4, 0.5) is 0 Å². The van der Waals surface area contributed by atoms with Gasteiger partial charge in [-0.15, -0.1) is 0 Å². The number of carbonyl (C=O) groups is 1. The van der Waals surface area contributed by atoms with Crippen LogP contribution in [0.1, 0.15) is 51.5 Å². The highest BCUT2D eigenvalue weighted by molar-refractivity contribution is 7.92.